The third kappa shape index (κ3) is 3.90. The third-order valence-electron chi connectivity index (χ3n) is 5.29. The van der Waals surface area contributed by atoms with E-state index in [9.17, 15) is 0 Å². The monoisotopic (exact) mass is 426 g/mol. The van der Waals surface area contributed by atoms with Crippen molar-refractivity contribution in [2.24, 2.45) is 0 Å². The van der Waals surface area contributed by atoms with Crippen LogP contribution in [0.25, 0.3) is 32.1 Å². The fourth-order valence-electron chi connectivity index (χ4n) is 3.75. The molecule has 0 aliphatic heterocycles. The number of thiophene rings is 1. The summed E-state index contributed by atoms with van der Waals surface area (Å²) in [5, 5.41) is 12.7. The minimum atomic E-state index is 0.743. The maximum atomic E-state index is 5.29. The Labute approximate surface area is 184 Å². The molecular weight excluding hydrogens is 404 g/mol. The van der Waals surface area contributed by atoms with Crippen LogP contribution in [-0.4, -0.2) is 30.2 Å². The Hall–Kier alpha value is -3.64. The zero-order chi connectivity index (χ0) is 21.0. The van der Waals surface area contributed by atoms with E-state index in [1.54, 1.807) is 24.8 Å². The highest BCUT2D eigenvalue weighted by molar-refractivity contribution is 7.17. The van der Waals surface area contributed by atoms with Crippen molar-refractivity contribution in [2.75, 3.05) is 30.8 Å². The van der Waals surface area contributed by atoms with Gasteiger partial charge in [-0.3, -0.25) is 0 Å². The summed E-state index contributed by atoms with van der Waals surface area (Å²) < 4.78 is 5.29. The van der Waals surface area contributed by atoms with Crippen LogP contribution in [0.2, 0.25) is 0 Å². The van der Waals surface area contributed by atoms with E-state index >= 15 is 0 Å². The summed E-state index contributed by atoms with van der Waals surface area (Å²) in [6.07, 6.45) is 1.62. The molecule has 31 heavy (non-hydrogen) atoms. The Balaban J connectivity index is 1.34. The van der Waals surface area contributed by atoms with Crippen molar-refractivity contribution in [1.82, 2.24) is 9.97 Å². The number of hydrogen-bond donors (Lipinski definition) is 2. The summed E-state index contributed by atoms with van der Waals surface area (Å²) >= 11 is 1.63. The van der Waals surface area contributed by atoms with Gasteiger partial charge >= 0.3 is 0 Å². The SMILES string of the molecule is COc1ccc(-c2csc3ncnc(NCCNc4cccc5ccccc45)c23)cc1. The lowest BCUT2D eigenvalue weighted by Crippen LogP contribution is -2.14. The summed E-state index contributed by atoms with van der Waals surface area (Å²) in [5.74, 6) is 1.70. The second kappa shape index (κ2) is 8.62. The van der Waals surface area contributed by atoms with Gasteiger partial charge in [0.1, 0.15) is 22.7 Å². The summed E-state index contributed by atoms with van der Waals surface area (Å²) in [4.78, 5) is 9.96. The molecule has 0 amide bonds. The quantitative estimate of drug-likeness (QED) is 0.311. The van der Waals surface area contributed by atoms with Gasteiger partial charge in [-0.15, -0.1) is 11.3 Å². The third-order valence-corrected chi connectivity index (χ3v) is 6.18. The van der Waals surface area contributed by atoms with Crippen LogP contribution < -0.4 is 15.4 Å². The van der Waals surface area contributed by atoms with Crippen LogP contribution in [0.5, 0.6) is 5.75 Å². The maximum Gasteiger partial charge on any atom is 0.138 e. The number of aromatic nitrogens is 2. The molecule has 3 aromatic carbocycles. The fraction of sp³-hybridized carbons (Fsp3) is 0.120. The molecule has 6 heteroatoms. The lowest BCUT2D eigenvalue weighted by atomic mass is 10.1. The predicted octanol–water partition coefficient (Wildman–Crippen LogP) is 6.04. The van der Waals surface area contributed by atoms with Gasteiger partial charge < -0.3 is 15.4 Å². The first-order valence-corrected chi connectivity index (χ1v) is 11.0. The van der Waals surface area contributed by atoms with Gasteiger partial charge in [-0.05, 0) is 29.1 Å². The van der Waals surface area contributed by atoms with E-state index in [2.05, 4.69) is 80.6 Å². The molecule has 5 nitrogen and oxygen atoms in total. The molecule has 5 aromatic rings. The van der Waals surface area contributed by atoms with Gasteiger partial charge in [-0.2, -0.15) is 0 Å². The average Bonchev–Trinajstić information content (AvgIpc) is 3.27. The van der Waals surface area contributed by atoms with E-state index in [1.807, 2.05) is 12.1 Å². The Morgan fingerprint density at radius 3 is 2.55 bits per heavy atom. The van der Waals surface area contributed by atoms with Gasteiger partial charge in [0.05, 0.1) is 12.5 Å². The molecule has 0 aliphatic rings. The molecule has 0 saturated carbocycles. The van der Waals surface area contributed by atoms with Gasteiger partial charge in [0.15, 0.2) is 0 Å². The number of nitrogens with zero attached hydrogens (tertiary/aromatic N) is 2. The molecule has 0 atom stereocenters. The highest BCUT2D eigenvalue weighted by Gasteiger charge is 2.13. The van der Waals surface area contributed by atoms with Gasteiger partial charge in [-0.1, -0.05) is 48.5 Å². The van der Waals surface area contributed by atoms with E-state index < -0.39 is 0 Å². The topological polar surface area (TPSA) is 59.1 Å². The van der Waals surface area contributed by atoms with E-state index in [4.69, 9.17) is 4.74 Å². The van der Waals surface area contributed by atoms with Crippen LogP contribution in [0.15, 0.2) is 78.4 Å². The largest absolute Gasteiger partial charge is 0.497 e. The van der Waals surface area contributed by atoms with Crippen molar-refractivity contribution in [3.8, 4) is 16.9 Å². The van der Waals surface area contributed by atoms with E-state index in [0.717, 1.165) is 51.7 Å². The molecule has 0 radical (unpaired) electrons. The highest BCUT2D eigenvalue weighted by Crippen LogP contribution is 2.37. The minimum absolute atomic E-state index is 0.743. The van der Waals surface area contributed by atoms with Crippen molar-refractivity contribution >= 4 is 43.8 Å². The molecule has 154 valence electrons. The number of rotatable bonds is 7. The molecule has 2 N–H and O–H groups in total. The zero-order valence-electron chi connectivity index (χ0n) is 17.1. The molecule has 2 aromatic heterocycles. The highest BCUT2D eigenvalue weighted by atomic mass is 32.1. The van der Waals surface area contributed by atoms with Crippen molar-refractivity contribution in [2.45, 2.75) is 0 Å². The van der Waals surface area contributed by atoms with Crippen molar-refractivity contribution in [1.29, 1.82) is 0 Å². The first-order valence-electron chi connectivity index (χ1n) is 10.2. The number of nitrogens with one attached hydrogen (secondary N) is 2. The van der Waals surface area contributed by atoms with Gasteiger partial charge in [-0.25, -0.2) is 9.97 Å². The second-order valence-electron chi connectivity index (χ2n) is 7.16. The van der Waals surface area contributed by atoms with Gasteiger partial charge in [0.2, 0.25) is 0 Å². The minimum Gasteiger partial charge on any atom is -0.497 e. The Morgan fingerprint density at radius 1 is 0.871 bits per heavy atom. The molecule has 0 bridgehead atoms. The molecular formula is C25H22N4OS. The van der Waals surface area contributed by atoms with Crippen molar-refractivity contribution in [3.05, 3.63) is 78.4 Å². The molecule has 0 saturated heterocycles. The lowest BCUT2D eigenvalue weighted by molar-refractivity contribution is 0.415. The van der Waals surface area contributed by atoms with Crippen molar-refractivity contribution < 1.29 is 4.74 Å². The summed E-state index contributed by atoms with van der Waals surface area (Å²) in [6, 6.07) is 22.8. The van der Waals surface area contributed by atoms with Crippen LogP contribution in [-0.2, 0) is 0 Å². The maximum absolute atomic E-state index is 5.29. The summed E-state index contributed by atoms with van der Waals surface area (Å²) in [6.45, 7) is 1.52. The number of hydrogen-bond acceptors (Lipinski definition) is 6. The molecule has 0 spiro atoms. The number of fused-ring (bicyclic) bond motifs is 2. The van der Waals surface area contributed by atoms with E-state index in [1.165, 1.54) is 10.8 Å². The standard InChI is InChI=1S/C25H22N4OS/c1-30-19-11-9-18(10-12-19)21-15-31-25-23(21)24(28-16-29-25)27-14-13-26-22-8-4-6-17-5-2-3-7-20(17)22/h2-12,15-16,26H,13-14H2,1H3,(H,27,28,29). The summed E-state index contributed by atoms with van der Waals surface area (Å²) in [7, 11) is 1.68. The predicted molar refractivity (Wildman–Crippen MR) is 130 cm³/mol. The zero-order valence-corrected chi connectivity index (χ0v) is 17.9. The fourth-order valence-corrected chi connectivity index (χ4v) is 4.67. The normalized spacial score (nSPS) is 11.0. The Kier molecular flexibility index (Phi) is 5.37. The Morgan fingerprint density at radius 2 is 1.68 bits per heavy atom. The molecule has 0 fully saturated rings. The summed E-state index contributed by atoms with van der Waals surface area (Å²) in [5.41, 5.74) is 3.40. The van der Waals surface area contributed by atoms with Crippen LogP contribution in [0.1, 0.15) is 0 Å². The second-order valence-corrected chi connectivity index (χ2v) is 8.02. The molecule has 5 rings (SSSR count). The smallest absolute Gasteiger partial charge is 0.138 e. The van der Waals surface area contributed by atoms with Crippen LogP contribution in [0, 0.1) is 0 Å². The Bertz CT molecular complexity index is 1330. The first kappa shape index (κ1) is 19.3. The van der Waals surface area contributed by atoms with Gasteiger partial charge in [0, 0.05) is 35.1 Å². The number of anilines is 2. The first-order chi connectivity index (χ1) is 15.3. The number of benzene rings is 3. The van der Waals surface area contributed by atoms with E-state index in [0.29, 0.717) is 0 Å². The van der Waals surface area contributed by atoms with Crippen LogP contribution >= 0.6 is 11.3 Å². The average molecular weight is 427 g/mol. The number of methoxy groups -OCH3 is 1. The van der Waals surface area contributed by atoms with E-state index in [-0.39, 0.29) is 0 Å². The van der Waals surface area contributed by atoms with Crippen LogP contribution in [0.4, 0.5) is 11.5 Å². The van der Waals surface area contributed by atoms with Crippen LogP contribution in [0.3, 0.4) is 0 Å². The lowest BCUT2D eigenvalue weighted by Gasteiger charge is -2.12. The molecule has 0 aliphatic carbocycles. The molecule has 2 heterocycles. The van der Waals surface area contributed by atoms with Gasteiger partial charge in [0.25, 0.3) is 0 Å². The number of ether oxygens (including phenoxy) is 1. The molecule has 0 unspecified atom stereocenters. The van der Waals surface area contributed by atoms with Crippen molar-refractivity contribution in [3.63, 3.8) is 0 Å².